The predicted octanol–water partition coefficient (Wildman–Crippen LogP) is 4.67. The Bertz CT molecular complexity index is 1530. The minimum atomic E-state index is -1.33. The number of ether oxygens (including phenoxy) is 3. The number of hydrogen-bond donors (Lipinski definition) is 3. The van der Waals surface area contributed by atoms with Crippen molar-refractivity contribution in [3.8, 4) is 5.75 Å². The highest BCUT2D eigenvalue weighted by molar-refractivity contribution is 7.22. The number of nitrogens with one attached hydrogen (secondary N) is 2. The van der Waals surface area contributed by atoms with E-state index in [2.05, 4.69) is 15.6 Å². The molecule has 4 aromatic rings. The van der Waals surface area contributed by atoms with Crippen molar-refractivity contribution in [3.63, 3.8) is 0 Å². The number of fused-ring (bicyclic) bond motifs is 1. The van der Waals surface area contributed by atoms with Crippen molar-refractivity contribution in [1.29, 1.82) is 0 Å². The average molecular weight is 616 g/mol. The van der Waals surface area contributed by atoms with Gasteiger partial charge in [-0.1, -0.05) is 64.9 Å². The van der Waals surface area contributed by atoms with E-state index in [4.69, 9.17) is 37.4 Å². The van der Waals surface area contributed by atoms with Gasteiger partial charge in [-0.25, -0.2) is 9.78 Å². The molecule has 5 rings (SSSR count). The van der Waals surface area contributed by atoms with Crippen LogP contribution in [0.3, 0.4) is 0 Å². The van der Waals surface area contributed by atoms with Gasteiger partial charge in [-0.05, 0) is 42.0 Å². The van der Waals surface area contributed by atoms with Crippen LogP contribution in [0.4, 0.5) is 5.13 Å². The molecule has 0 unspecified atom stereocenters. The summed E-state index contributed by atoms with van der Waals surface area (Å²) in [6.45, 7) is -0.141. The molecule has 1 aliphatic rings. The van der Waals surface area contributed by atoms with Gasteiger partial charge in [-0.3, -0.25) is 14.9 Å². The molecule has 0 radical (unpaired) electrons. The number of carboxylic acid groups (broad SMARTS) is 1. The number of carbonyl (C=O) groups excluding carboxylic acids is 2. The second-order valence-corrected chi connectivity index (χ2v) is 10.8. The molecule has 10 nitrogen and oxygen atoms in total. The number of nitrogens with zero attached hydrogens (tertiary/aromatic N) is 1. The maximum atomic E-state index is 13.0. The smallest absolute Gasteiger partial charge is 0.326 e. The highest BCUT2D eigenvalue weighted by atomic mass is 35.5. The van der Waals surface area contributed by atoms with Crippen LogP contribution in [-0.4, -0.2) is 52.9 Å². The Morgan fingerprint density at radius 3 is 2.34 bits per heavy atom. The van der Waals surface area contributed by atoms with Gasteiger partial charge in [0.25, 0.3) is 11.8 Å². The number of aliphatic carboxylic acids is 1. The molecule has 0 saturated carbocycles. The zero-order chi connectivity index (χ0) is 28.9. The molecule has 1 saturated heterocycles. The van der Waals surface area contributed by atoms with Gasteiger partial charge in [0.2, 0.25) is 0 Å². The monoisotopic (exact) mass is 615 g/mol. The Hall–Kier alpha value is -3.74. The third kappa shape index (κ3) is 6.95. The fourth-order valence-corrected chi connectivity index (χ4v) is 5.50. The van der Waals surface area contributed by atoms with E-state index in [1.54, 1.807) is 42.5 Å². The summed E-state index contributed by atoms with van der Waals surface area (Å²) >= 11 is 13.6. The predicted molar refractivity (Wildman–Crippen MR) is 153 cm³/mol. The molecule has 3 atom stereocenters. The van der Waals surface area contributed by atoms with Gasteiger partial charge in [0.15, 0.2) is 17.3 Å². The molecule has 2 amide bonds. The molecule has 0 bridgehead atoms. The summed E-state index contributed by atoms with van der Waals surface area (Å²) in [6, 6.07) is 18.0. The summed E-state index contributed by atoms with van der Waals surface area (Å²) in [7, 11) is 0. The van der Waals surface area contributed by atoms with Gasteiger partial charge in [0.05, 0.1) is 10.2 Å². The number of thiazole rings is 1. The van der Waals surface area contributed by atoms with Gasteiger partial charge in [-0.2, -0.15) is 0 Å². The van der Waals surface area contributed by atoms with Crippen molar-refractivity contribution < 1.29 is 33.7 Å². The Labute approximate surface area is 248 Å². The summed E-state index contributed by atoms with van der Waals surface area (Å²) in [6.07, 6.45) is -2.63. The fourth-order valence-electron chi connectivity index (χ4n) is 4.13. The summed E-state index contributed by atoms with van der Waals surface area (Å²) in [4.78, 5) is 42.1. The Morgan fingerprint density at radius 1 is 0.976 bits per heavy atom. The first-order chi connectivity index (χ1) is 19.8. The molecule has 0 aliphatic carbocycles. The number of rotatable bonds is 10. The molecule has 212 valence electrons. The maximum Gasteiger partial charge on any atom is 0.326 e. The third-order valence-corrected chi connectivity index (χ3v) is 7.89. The molecule has 1 aliphatic heterocycles. The van der Waals surface area contributed by atoms with E-state index >= 15 is 0 Å². The molecule has 3 N–H and O–H groups in total. The van der Waals surface area contributed by atoms with Crippen LogP contribution in [0.2, 0.25) is 10.0 Å². The molecule has 13 heteroatoms. The summed E-state index contributed by atoms with van der Waals surface area (Å²) < 4.78 is 17.3. The Morgan fingerprint density at radius 2 is 1.66 bits per heavy atom. The first-order valence-corrected chi connectivity index (χ1v) is 13.9. The van der Waals surface area contributed by atoms with E-state index in [1.165, 1.54) is 11.3 Å². The molecular weight excluding hydrogens is 593 g/mol. The number of carbonyl (C=O) groups is 3. The van der Waals surface area contributed by atoms with Gasteiger partial charge in [0.1, 0.15) is 25.2 Å². The number of para-hydroxylation sites is 1. The fraction of sp³-hybridized carbons (Fsp3) is 0.214. The van der Waals surface area contributed by atoms with Crippen molar-refractivity contribution in [1.82, 2.24) is 10.3 Å². The van der Waals surface area contributed by atoms with E-state index in [1.807, 2.05) is 24.3 Å². The second-order valence-electron chi connectivity index (χ2n) is 9.00. The van der Waals surface area contributed by atoms with E-state index in [0.717, 1.165) is 10.2 Å². The van der Waals surface area contributed by atoms with Crippen LogP contribution in [0, 0.1) is 0 Å². The molecule has 2 heterocycles. The highest BCUT2D eigenvalue weighted by Crippen LogP contribution is 2.27. The lowest BCUT2D eigenvalue weighted by atomic mass is 10.0. The lowest BCUT2D eigenvalue weighted by Crippen LogP contribution is -2.51. The summed E-state index contributed by atoms with van der Waals surface area (Å²) in [5.41, 5.74) is 2.01. The quantitative estimate of drug-likeness (QED) is 0.234. The average Bonchev–Trinajstić information content (AvgIpc) is 3.60. The van der Waals surface area contributed by atoms with Gasteiger partial charge in [-0.15, -0.1) is 0 Å². The summed E-state index contributed by atoms with van der Waals surface area (Å²) in [5.74, 6) is -2.13. The van der Waals surface area contributed by atoms with Crippen LogP contribution < -0.4 is 15.4 Å². The van der Waals surface area contributed by atoms with E-state index < -0.39 is 36.0 Å². The van der Waals surface area contributed by atoms with Crippen molar-refractivity contribution in [3.05, 3.63) is 87.9 Å². The summed E-state index contributed by atoms with van der Waals surface area (Å²) in [5, 5.41) is 16.2. The zero-order valence-corrected chi connectivity index (χ0v) is 23.5. The molecule has 3 aromatic carbocycles. The Kier molecular flexibility index (Phi) is 9.01. The van der Waals surface area contributed by atoms with E-state index in [-0.39, 0.29) is 19.8 Å². The molecule has 41 heavy (non-hydrogen) atoms. The first-order valence-electron chi connectivity index (χ1n) is 12.4. The Balaban J connectivity index is 1.18. The molecule has 1 aromatic heterocycles. The first kappa shape index (κ1) is 28.8. The number of benzene rings is 3. The number of amides is 2. The maximum absolute atomic E-state index is 13.0. The number of aromatic nitrogens is 1. The van der Waals surface area contributed by atoms with Crippen molar-refractivity contribution >= 4 is 67.7 Å². The highest BCUT2D eigenvalue weighted by Gasteiger charge is 2.42. The van der Waals surface area contributed by atoms with Crippen LogP contribution >= 0.6 is 34.5 Å². The van der Waals surface area contributed by atoms with Crippen molar-refractivity contribution in [2.75, 3.05) is 12.1 Å². The van der Waals surface area contributed by atoms with Gasteiger partial charge >= 0.3 is 5.97 Å². The number of halogens is 2. The van der Waals surface area contributed by atoms with Crippen LogP contribution in [0.5, 0.6) is 5.75 Å². The van der Waals surface area contributed by atoms with Crippen LogP contribution in [0.15, 0.2) is 66.7 Å². The van der Waals surface area contributed by atoms with Gasteiger partial charge in [0, 0.05) is 22.0 Å². The van der Waals surface area contributed by atoms with Crippen LogP contribution in [0.25, 0.3) is 10.2 Å². The number of hydrogen-bond acceptors (Lipinski definition) is 8. The van der Waals surface area contributed by atoms with Crippen molar-refractivity contribution in [2.45, 2.75) is 31.3 Å². The standard InChI is InChI=1S/C28H23Cl2N3O7S/c29-18-4-3-5-19(30)17(18)13-38-16-10-8-15(9-11-16)12-21(27(36)37)31-25(34)23-24(40-14-39-23)26(35)33-28-32-20-6-1-2-7-22(20)41-28/h1-11,21,23-24H,12-14H2,(H,31,34)(H,36,37)(H,32,33,35)/t21-,23+,24+/m0/s1. The molecule has 0 spiro atoms. The largest absolute Gasteiger partial charge is 0.489 e. The third-order valence-electron chi connectivity index (χ3n) is 6.23. The molecular formula is C28H23Cl2N3O7S. The topological polar surface area (TPSA) is 136 Å². The van der Waals surface area contributed by atoms with Crippen LogP contribution in [0.1, 0.15) is 11.1 Å². The zero-order valence-electron chi connectivity index (χ0n) is 21.2. The number of carboxylic acids is 1. The van der Waals surface area contributed by atoms with E-state index in [0.29, 0.717) is 32.1 Å². The molecule has 1 fully saturated rings. The normalized spacial score (nSPS) is 17.2. The van der Waals surface area contributed by atoms with E-state index in [9.17, 15) is 19.5 Å². The SMILES string of the molecule is O=C(O)[C@H](Cc1ccc(OCc2c(Cl)cccc2Cl)cc1)NC(=O)[C@@H]1OCO[C@H]1C(=O)Nc1nc2ccccc2s1. The van der Waals surface area contributed by atoms with Gasteiger partial charge < -0.3 is 24.6 Å². The second kappa shape index (κ2) is 12.8. The van der Waals surface area contributed by atoms with Crippen molar-refractivity contribution in [2.24, 2.45) is 0 Å². The number of anilines is 1. The lowest BCUT2D eigenvalue weighted by molar-refractivity contribution is -0.144. The van der Waals surface area contributed by atoms with Crippen LogP contribution in [-0.2, 0) is 36.9 Å². The lowest BCUT2D eigenvalue weighted by Gasteiger charge is -2.19. The minimum absolute atomic E-state index is 0.0200. The minimum Gasteiger partial charge on any atom is -0.489 e.